The van der Waals surface area contributed by atoms with Crippen molar-refractivity contribution in [3.63, 3.8) is 0 Å². The third kappa shape index (κ3) is 4.83. The van der Waals surface area contributed by atoms with Gasteiger partial charge in [-0.05, 0) is 67.9 Å². The van der Waals surface area contributed by atoms with Crippen LogP contribution in [-0.2, 0) is 6.54 Å². The van der Waals surface area contributed by atoms with Gasteiger partial charge in [-0.15, -0.1) is 0 Å². The van der Waals surface area contributed by atoms with Crippen LogP contribution in [0.25, 0.3) is 0 Å². The van der Waals surface area contributed by atoms with E-state index in [1.807, 2.05) is 55.4 Å². The summed E-state index contributed by atoms with van der Waals surface area (Å²) in [5, 5.41) is 2.97. The lowest BCUT2D eigenvalue weighted by Crippen LogP contribution is -2.29. The van der Waals surface area contributed by atoms with E-state index in [0.717, 1.165) is 17.9 Å². The smallest absolute Gasteiger partial charge is 0.255 e. The molecule has 0 radical (unpaired) electrons. The minimum absolute atomic E-state index is 0.0749. The predicted molar refractivity (Wildman–Crippen MR) is 104 cm³/mol. The van der Waals surface area contributed by atoms with Gasteiger partial charge in [0.1, 0.15) is 0 Å². The molecule has 1 aliphatic heterocycles. The Labute approximate surface area is 150 Å². The first kappa shape index (κ1) is 17.5. The van der Waals surface area contributed by atoms with E-state index in [4.69, 9.17) is 0 Å². The first-order chi connectivity index (χ1) is 12.1. The van der Waals surface area contributed by atoms with Crippen LogP contribution in [0.2, 0.25) is 0 Å². The fourth-order valence-corrected chi connectivity index (χ4v) is 3.18. The van der Waals surface area contributed by atoms with Gasteiger partial charge in [0.2, 0.25) is 0 Å². The van der Waals surface area contributed by atoms with Crippen LogP contribution in [0, 0.1) is 0 Å². The highest BCUT2D eigenvalue weighted by atomic mass is 16.1. The number of likely N-dealkylation sites (tertiary alicyclic amines) is 1. The topological polar surface area (TPSA) is 35.6 Å². The van der Waals surface area contributed by atoms with Gasteiger partial charge in [0.05, 0.1) is 0 Å². The molecular weight excluding hydrogens is 310 g/mol. The zero-order valence-corrected chi connectivity index (χ0v) is 15.2. The van der Waals surface area contributed by atoms with E-state index in [1.165, 1.54) is 37.9 Å². The SMILES string of the molecule is CN(C)c1ccc(C(=O)Nc2ccc(CN3CCCCC3)cc2)cc1. The molecule has 0 aliphatic carbocycles. The maximum atomic E-state index is 12.4. The Hall–Kier alpha value is -2.33. The van der Waals surface area contributed by atoms with Crippen LogP contribution in [0.15, 0.2) is 48.5 Å². The van der Waals surface area contributed by atoms with Crippen molar-refractivity contribution in [2.75, 3.05) is 37.4 Å². The van der Waals surface area contributed by atoms with Crippen LogP contribution in [0.1, 0.15) is 35.2 Å². The molecule has 2 aromatic rings. The van der Waals surface area contributed by atoms with Crippen molar-refractivity contribution in [3.05, 3.63) is 59.7 Å². The number of rotatable bonds is 5. The number of hydrogen-bond acceptors (Lipinski definition) is 3. The number of nitrogens with one attached hydrogen (secondary N) is 1. The molecule has 4 nitrogen and oxygen atoms in total. The van der Waals surface area contributed by atoms with E-state index in [0.29, 0.717) is 5.56 Å². The number of piperidine rings is 1. The molecule has 25 heavy (non-hydrogen) atoms. The number of benzene rings is 2. The number of carbonyl (C=O) groups excluding carboxylic acids is 1. The highest BCUT2D eigenvalue weighted by Crippen LogP contribution is 2.17. The predicted octanol–water partition coefficient (Wildman–Crippen LogP) is 3.99. The second-order valence-corrected chi connectivity index (χ2v) is 6.93. The summed E-state index contributed by atoms with van der Waals surface area (Å²) in [6.07, 6.45) is 3.97. The Kier molecular flexibility index (Phi) is 5.71. The molecule has 2 aromatic carbocycles. The molecule has 0 atom stereocenters. The molecule has 1 saturated heterocycles. The summed E-state index contributed by atoms with van der Waals surface area (Å²) >= 11 is 0. The zero-order chi connectivity index (χ0) is 17.6. The summed E-state index contributed by atoms with van der Waals surface area (Å²) in [5.41, 5.74) is 3.89. The normalized spacial score (nSPS) is 15.0. The molecule has 1 aliphatic rings. The first-order valence-electron chi connectivity index (χ1n) is 9.02. The van der Waals surface area contributed by atoms with Gasteiger partial charge in [0, 0.05) is 37.6 Å². The number of carbonyl (C=O) groups is 1. The van der Waals surface area contributed by atoms with Crippen molar-refractivity contribution in [1.29, 1.82) is 0 Å². The molecule has 0 spiro atoms. The number of amides is 1. The van der Waals surface area contributed by atoms with Crippen LogP contribution in [-0.4, -0.2) is 38.0 Å². The van der Waals surface area contributed by atoms with Gasteiger partial charge in [-0.1, -0.05) is 18.6 Å². The second-order valence-electron chi connectivity index (χ2n) is 6.93. The maximum Gasteiger partial charge on any atom is 0.255 e. The molecule has 1 N–H and O–H groups in total. The third-order valence-electron chi connectivity index (χ3n) is 4.71. The molecule has 1 fully saturated rings. The van der Waals surface area contributed by atoms with E-state index in [9.17, 15) is 4.79 Å². The quantitative estimate of drug-likeness (QED) is 0.896. The van der Waals surface area contributed by atoms with Crippen molar-refractivity contribution in [2.45, 2.75) is 25.8 Å². The molecule has 1 heterocycles. The second kappa shape index (κ2) is 8.17. The van der Waals surface area contributed by atoms with Gasteiger partial charge < -0.3 is 10.2 Å². The van der Waals surface area contributed by atoms with Gasteiger partial charge in [-0.25, -0.2) is 0 Å². The lowest BCUT2D eigenvalue weighted by molar-refractivity contribution is 0.102. The molecule has 0 aromatic heterocycles. The van der Waals surface area contributed by atoms with E-state index in [1.54, 1.807) is 0 Å². The van der Waals surface area contributed by atoms with Crippen LogP contribution in [0.4, 0.5) is 11.4 Å². The fourth-order valence-electron chi connectivity index (χ4n) is 3.18. The molecule has 1 amide bonds. The summed E-state index contributed by atoms with van der Waals surface area (Å²) in [6.45, 7) is 3.39. The molecule has 0 unspecified atom stereocenters. The van der Waals surface area contributed by atoms with Crippen molar-refractivity contribution < 1.29 is 4.79 Å². The van der Waals surface area contributed by atoms with Crippen molar-refractivity contribution in [2.24, 2.45) is 0 Å². The number of hydrogen-bond donors (Lipinski definition) is 1. The third-order valence-corrected chi connectivity index (χ3v) is 4.71. The van der Waals surface area contributed by atoms with Crippen molar-refractivity contribution in [1.82, 2.24) is 4.90 Å². The van der Waals surface area contributed by atoms with Gasteiger partial charge in [0.25, 0.3) is 5.91 Å². The molecule has 132 valence electrons. The van der Waals surface area contributed by atoms with Crippen molar-refractivity contribution in [3.8, 4) is 0 Å². The van der Waals surface area contributed by atoms with Gasteiger partial charge in [-0.3, -0.25) is 9.69 Å². The summed E-state index contributed by atoms with van der Waals surface area (Å²) in [5.74, 6) is -0.0749. The van der Waals surface area contributed by atoms with Crippen molar-refractivity contribution >= 4 is 17.3 Å². The monoisotopic (exact) mass is 337 g/mol. The Morgan fingerprint density at radius 3 is 2.20 bits per heavy atom. The van der Waals surface area contributed by atoms with Crippen LogP contribution >= 0.6 is 0 Å². The fraction of sp³-hybridized carbons (Fsp3) is 0.381. The van der Waals surface area contributed by atoms with Crippen LogP contribution < -0.4 is 10.2 Å². The summed E-state index contributed by atoms with van der Waals surface area (Å²) in [4.78, 5) is 16.9. The van der Waals surface area contributed by atoms with E-state index in [2.05, 4.69) is 22.3 Å². The zero-order valence-electron chi connectivity index (χ0n) is 15.2. The highest BCUT2D eigenvalue weighted by molar-refractivity contribution is 6.04. The summed E-state index contributed by atoms with van der Waals surface area (Å²) < 4.78 is 0. The number of anilines is 2. The Balaban J connectivity index is 1.57. The van der Waals surface area contributed by atoms with Gasteiger partial charge in [0.15, 0.2) is 0 Å². The summed E-state index contributed by atoms with van der Waals surface area (Å²) in [6, 6.07) is 15.8. The van der Waals surface area contributed by atoms with E-state index in [-0.39, 0.29) is 5.91 Å². The minimum Gasteiger partial charge on any atom is -0.378 e. The minimum atomic E-state index is -0.0749. The van der Waals surface area contributed by atoms with Crippen LogP contribution in [0.3, 0.4) is 0 Å². The average Bonchev–Trinajstić information content (AvgIpc) is 2.64. The standard InChI is InChI=1S/C21H27N3O/c1-23(2)20-12-8-18(9-13-20)21(25)22-19-10-6-17(7-11-19)16-24-14-4-3-5-15-24/h6-13H,3-5,14-16H2,1-2H3,(H,22,25). The molecule has 0 saturated carbocycles. The van der Waals surface area contributed by atoms with Gasteiger partial charge in [-0.2, -0.15) is 0 Å². The Morgan fingerprint density at radius 2 is 1.60 bits per heavy atom. The molecule has 4 heteroatoms. The average molecular weight is 337 g/mol. The molecule has 3 rings (SSSR count). The molecular formula is C21H27N3O. The lowest BCUT2D eigenvalue weighted by atomic mass is 10.1. The van der Waals surface area contributed by atoms with E-state index >= 15 is 0 Å². The van der Waals surface area contributed by atoms with Crippen LogP contribution in [0.5, 0.6) is 0 Å². The largest absolute Gasteiger partial charge is 0.378 e. The summed E-state index contributed by atoms with van der Waals surface area (Å²) in [7, 11) is 3.97. The Bertz CT molecular complexity index is 686. The first-order valence-corrected chi connectivity index (χ1v) is 9.02. The van der Waals surface area contributed by atoms with Gasteiger partial charge >= 0.3 is 0 Å². The molecule has 0 bridgehead atoms. The maximum absolute atomic E-state index is 12.4. The Morgan fingerprint density at radius 1 is 0.960 bits per heavy atom. The lowest BCUT2D eigenvalue weighted by Gasteiger charge is -2.26. The highest BCUT2D eigenvalue weighted by Gasteiger charge is 2.11. The number of nitrogens with zero attached hydrogens (tertiary/aromatic N) is 2. The van der Waals surface area contributed by atoms with E-state index < -0.39 is 0 Å².